The fourth-order valence-corrected chi connectivity index (χ4v) is 2.56. The lowest BCUT2D eigenvalue weighted by Crippen LogP contribution is -2.04. The van der Waals surface area contributed by atoms with Crippen molar-refractivity contribution in [2.45, 2.75) is 27.7 Å². The lowest BCUT2D eigenvalue weighted by Gasteiger charge is -2.11. The molecule has 0 unspecified atom stereocenters. The summed E-state index contributed by atoms with van der Waals surface area (Å²) in [6, 6.07) is 3.95. The molecule has 0 N–H and O–H groups in total. The van der Waals surface area contributed by atoms with Gasteiger partial charge in [0.25, 0.3) is 0 Å². The SMILES string of the molecule is CC(=O)c1cnn(-c2c(C)cc(C)cc2Cl)c1C. The molecule has 0 atom stereocenters. The Labute approximate surface area is 111 Å². The molecular formula is C14H15ClN2O. The van der Waals surface area contributed by atoms with E-state index in [0.717, 1.165) is 22.5 Å². The van der Waals surface area contributed by atoms with Crippen molar-refractivity contribution in [2.75, 3.05) is 0 Å². The van der Waals surface area contributed by atoms with Gasteiger partial charge in [-0.25, -0.2) is 4.68 Å². The standard InChI is InChI=1S/C14H15ClN2O/c1-8-5-9(2)14(13(15)6-8)17-10(3)12(7-16-17)11(4)18/h5-7H,1-4H3. The first-order valence-electron chi connectivity index (χ1n) is 5.74. The van der Waals surface area contributed by atoms with Gasteiger partial charge in [0.05, 0.1) is 28.2 Å². The molecule has 0 fully saturated rings. The van der Waals surface area contributed by atoms with E-state index in [-0.39, 0.29) is 5.78 Å². The third kappa shape index (κ3) is 2.06. The van der Waals surface area contributed by atoms with Crippen molar-refractivity contribution in [1.29, 1.82) is 0 Å². The zero-order valence-electron chi connectivity index (χ0n) is 10.9. The van der Waals surface area contributed by atoms with Gasteiger partial charge in [0.15, 0.2) is 5.78 Å². The first-order valence-corrected chi connectivity index (χ1v) is 6.12. The molecule has 0 aliphatic rings. The highest BCUT2D eigenvalue weighted by molar-refractivity contribution is 6.32. The summed E-state index contributed by atoms with van der Waals surface area (Å²) in [5.74, 6) is 0.0136. The maximum Gasteiger partial charge on any atom is 0.163 e. The molecule has 0 bridgehead atoms. The number of ketones is 1. The Bertz CT molecular complexity index is 606. The lowest BCUT2D eigenvalue weighted by atomic mass is 10.1. The van der Waals surface area contributed by atoms with E-state index in [1.54, 1.807) is 10.9 Å². The average molecular weight is 263 g/mol. The third-order valence-corrected chi connectivity index (χ3v) is 3.29. The van der Waals surface area contributed by atoms with Crippen LogP contribution in [-0.2, 0) is 0 Å². The molecule has 1 heterocycles. The van der Waals surface area contributed by atoms with E-state index in [0.29, 0.717) is 10.6 Å². The number of carbonyl (C=O) groups is 1. The van der Waals surface area contributed by atoms with Crippen molar-refractivity contribution in [3.63, 3.8) is 0 Å². The lowest BCUT2D eigenvalue weighted by molar-refractivity contribution is 0.101. The zero-order valence-corrected chi connectivity index (χ0v) is 11.7. The zero-order chi connectivity index (χ0) is 13.4. The number of aryl methyl sites for hydroxylation is 2. The summed E-state index contributed by atoms with van der Waals surface area (Å²) in [6.45, 7) is 7.40. The van der Waals surface area contributed by atoms with E-state index >= 15 is 0 Å². The van der Waals surface area contributed by atoms with Crippen LogP contribution in [0.3, 0.4) is 0 Å². The highest BCUT2D eigenvalue weighted by Crippen LogP contribution is 2.27. The largest absolute Gasteiger partial charge is 0.294 e. The Balaban J connectivity index is 2.67. The number of halogens is 1. The molecule has 0 amide bonds. The van der Waals surface area contributed by atoms with Crippen molar-refractivity contribution in [3.8, 4) is 5.69 Å². The maximum atomic E-state index is 11.4. The second kappa shape index (κ2) is 4.58. The molecule has 18 heavy (non-hydrogen) atoms. The van der Waals surface area contributed by atoms with Crippen LogP contribution in [0.15, 0.2) is 18.3 Å². The van der Waals surface area contributed by atoms with Gasteiger partial charge in [-0.1, -0.05) is 17.7 Å². The quantitative estimate of drug-likeness (QED) is 0.775. The number of hydrogen-bond acceptors (Lipinski definition) is 2. The number of aromatic nitrogens is 2. The summed E-state index contributed by atoms with van der Waals surface area (Å²) in [7, 11) is 0. The number of benzene rings is 1. The summed E-state index contributed by atoms with van der Waals surface area (Å²) in [4.78, 5) is 11.4. The third-order valence-electron chi connectivity index (χ3n) is 3.00. The Morgan fingerprint density at radius 3 is 2.44 bits per heavy atom. The number of carbonyl (C=O) groups excluding carboxylic acids is 1. The van der Waals surface area contributed by atoms with E-state index in [4.69, 9.17) is 11.6 Å². The Hall–Kier alpha value is -1.61. The van der Waals surface area contributed by atoms with Crippen LogP contribution in [0.5, 0.6) is 0 Å². The summed E-state index contributed by atoms with van der Waals surface area (Å²) in [6.07, 6.45) is 1.59. The normalized spacial score (nSPS) is 10.7. The van der Waals surface area contributed by atoms with E-state index in [2.05, 4.69) is 11.2 Å². The van der Waals surface area contributed by atoms with Crippen molar-refractivity contribution in [2.24, 2.45) is 0 Å². The van der Waals surface area contributed by atoms with Gasteiger partial charge < -0.3 is 0 Å². The molecule has 1 aromatic carbocycles. The van der Waals surface area contributed by atoms with Crippen LogP contribution < -0.4 is 0 Å². The molecule has 0 aliphatic carbocycles. The molecule has 3 nitrogen and oxygen atoms in total. The number of nitrogens with zero attached hydrogens (tertiary/aromatic N) is 2. The average Bonchev–Trinajstić information content (AvgIpc) is 2.59. The molecule has 0 radical (unpaired) electrons. The van der Waals surface area contributed by atoms with Gasteiger partial charge in [-0.2, -0.15) is 5.10 Å². The van der Waals surface area contributed by atoms with Crippen molar-refractivity contribution >= 4 is 17.4 Å². The van der Waals surface area contributed by atoms with Crippen LogP contribution in [0.4, 0.5) is 0 Å². The minimum Gasteiger partial charge on any atom is -0.294 e. The van der Waals surface area contributed by atoms with Gasteiger partial charge in [0.2, 0.25) is 0 Å². The van der Waals surface area contributed by atoms with E-state index in [1.807, 2.05) is 26.8 Å². The predicted molar refractivity (Wildman–Crippen MR) is 72.8 cm³/mol. The van der Waals surface area contributed by atoms with Gasteiger partial charge in [-0.15, -0.1) is 0 Å². The molecule has 0 saturated carbocycles. The summed E-state index contributed by atoms with van der Waals surface area (Å²) in [5.41, 5.74) is 4.44. The van der Waals surface area contributed by atoms with Crippen LogP contribution in [0, 0.1) is 20.8 Å². The van der Waals surface area contributed by atoms with Crippen molar-refractivity contribution in [1.82, 2.24) is 9.78 Å². The highest BCUT2D eigenvalue weighted by atomic mass is 35.5. The first kappa shape index (κ1) is 12.8. The molecule has 4 heteroatoms. The Morgan fingerprint density at radius 1 is 1.28 bits per heavy atom. The van der Waals surface area contributed by atoms with Gasteiger partial charge in [0, 0.05) is 0 Å². The molecule has 2 aromatic rings. The Kier molecular flexibility index (Phi) is 3.26. The van der Waals surface area contributed by atoms with Gasteiger partial charge in [0.1, 0.15) is 0 Å². The van der Waals surface area contributed by atoms with Crippen molar-refractivity contribution < 1.29 is 4.79 Å². The monoisotopic (exact) mass is 262 g/mol. The van der Waals surface area contributed by atoms with Crippen molar-refractivity contribution in [3.05, 3.63) is 45.7 Å². The van der Waals surface area contributed by atoms with Crippen LogP contribution in [0.25, 0.3) is 5.69 Å². The number of hydrogen-bond donors (Lipinski definition) is 0. The smallest absolute Gasteiger partial charge is 0.163 e. The molecule has 0 aliphatic heterocycles. The number of rotatable bonds is 2. The second-order valence-corrected chi connectivity index (χ2v) is 4.93. The van der Waals surface area contributed by atoms with Crippen LogP contribution >= 0.6 is 11.6 Å². The topological polar surface area (TPSA) is 34.9 Å². The van der Waals surface area contributed by atoms with E-state index in [1.165, 1.54) is 6.92 Å². The van der Waals surface area contributed by atoms with Gasteiger partial charge in [-0.05, 0) is 44.9 Å². The molecule has 0 saturated heterocycles. The molecular weight excluding hydrogens is 248 g/mol. The van der Waals surface area contributed by atoms with E-state index in [9.17, 15) is 4.79 Å². The second-order valence-electron chi connectivity index (χ2n) is 4.52. The Morgan fingerprint density at radius 2 is 1.94 bits per heavy atom. The molecule has 0 spiro atoms. The predicted octanol–water partition coefficient (Wildman–Crippen LogP) is 3.65. The first-order chi connectivity index (χ1) is 8.41. The van der Waals surface area contributed by atoms with Crippen LogP contribution in [0.1, 0.15) is 34.1 Å². The minimum absolute atomic E-state index is 0.0136. The van der Waals surface area contributed by atoms with E-state index < -0.39 is 0 Å². The summed E-state index contributed by atoms with van der Waals surface area (Å²) < 4.78 is 1.73. The molecule has 2 rings (SSSR count). The fraction of sp³-hybridized carbons (Fsp3) is 0.286. The fourth-order valence-electron chi connectivity index (χ4n) is 2.16. The summed E-state index contributed by atoms with van der Waals surface area (Å²) in [5, 5.41) is 4.92. The number of Topliss-reactive ketones (excluding diaryl/α,β-unsaturated/α-hetero) is 1. The minimum atomic E-state index is 0.0136. The highest BCUT2D eigenvalue weighted by Gasteiger charge is 2.15. The molecule has 94 valence electrons. The van der Waals surface area contributed by atoms with Gasteiger partial charge >= 0.3 is 0 Å². The van der Waals surface area contributed by atoms with Gasteiger partial charge in [-0.3, -0.25) is 4.79 Å². The maximum absolute atomic E-state index is 11.4. The van der Waals surface area contributed by atoms with Crippen LogP contribution in [0.2, 0.25) is 5.02 Å². The molecule has 1 aromatic heterocycles. The van der Waals surface area contributed by atoms with Crippen LogP contribution in [-0.4, -0.2) is 15.6 Å². The summed E-state index contributed by atoms with van der Waals surface area (Å²) >= 11 is 6.28.